The second-order valence-electron chi connectivity index (χ2n) is 18.0. The summed E-state index contributed by atoms with van der Waals surface area (Å²) >= 11 is 0. The second-order valence-corrected chi connectivity index (χ2v) is 18.0. The number of fused-ring (bicyclic) bond motifs is 6. The summed E-state index contributed by atoms with van der Waals surface area (Å²) in [6.07, 6.45) is 0. The molecule has 0 amide bonds. The molecule has 0 spiro atoms. The maximum absolute atomic E-state index is 5.37. The molecular formula is C61H43N11. The standard InChI is InChI=1S/C61H43N11/c1-36-62-37(2)65-59(64-36)44-24-28-48-49-29-25-45(60-66-38(3)63-39(4)67-60)35-56(49)72(55(48)34-44)54-31-27-43(42-26-30-53-50(32-42)47-22-14-15-23-52(47)71(53)46-20-12-7-13-21-46)33-51(54)61-69-57(40-16-8-5-9-17-40)68-58(70-61)41-18-10-6-11-19-41/h5-35H,1-4H3. The Morgan fingerprint density at radius 1 is 0.264 bits per heavy atom. The average molecular weight is 930 g/mol. The van der Waals surface area contributed by atoms with E-state index in [1.165, 1.54) is 5.39 Å². The monoisotopic (exact) mass is 929 g/mol. The van der Waals surface area contributed by atoms with Gasteiger partial charge in [0.1, 0.15) is 23.3 Å². The van der Waals surface area contributed by atoms with E-state index in [0.717, 1.165) is 88.5 Å². The van der Waals surface area contributed by atoms with Crippen LogP contribution in [0.5, 0.6) is 0 Å². The molecule has 0 saturated heterocycles. The van der Waals surface area contributed by atoms with Gasteiger partial charge >= 0.3 is 0 Å². The van der Waals surface area contributed by atoms with Crippen LogP contribution in [0.15, 0.2) is 188 Å². The normalized spacial score (nSPS) is 11.6. The van der Waals surface area contributed by atoms with Crippen molar-refractivity contribution in [3.63, 3.8) is 0 Å². The van der Waals surface area contributed by atoms with Crippen LogP contribution in [0.2, 0.25) is 0 Å². The lowest BCUT2D eigenvalue weighted by Gasteiger charge is -2.17. The van der Waals surface area contributed by atoms with Gasteiger partial charge in [-0.05, 0) is 93.4 Å². The number of aryl methyl sites for hydroxylation is 4. The van der Waals surface area contributed by atoms with E-state index in [9.17, 15) is 0 Å². The number of benzene rings is 8. The fourth-order valence-corrected chi connectivity index (χ4v) is 10.1. The van der Waals surface area contributed by atoms with Crippen LogP contribution in [0, 0.1) is 27.7 Å². The first-order valence-electron chi connectivity index (χ1n) is 23.9. The Labute approximate surface area is 414 Å². The maximum Gasteiger partial charge on any atom is 0.166 e. The van der Waals surface area contributed by atoms with Crippen molar-refractivity contribution in [2.24, 2.45) is 0 Å². The van der Waals surface area contributed by atoms with Crippen molar-refractivity contribution in [2.75, 3.05) is 0 Å². The molecule has 72 heavy (non-hydrogen) atoms. The van der Waals surface area contributed by atoms with Crippen molar-refractivity contribution in [1.29, 1.82) is 0 Å². The zero-order chi connectivity index (χ0) is 48.5. The van der Waals surface area contributed by atoms with Crippen molar-refractivity contribution in [1.82, 2.24) is 54.0 Å². The third-order valence-corrected chi connectivity index (χ3v) is 13.2. The Hall–Kier alpha value is -9.61. The summed E-state index contributed by atoms with van der Waals surface area (Å²) in [4.78, 5) is 44.0. The molecule has 0 atom stereocenters. The van der Waals surface area contributed by atoms with Crippen molar-refractivity contribution < 1.29 is 0 Å². The Morgan fingerprint density at radius 2 is 0.694 bits per heavy atom. The molecule has 13 rings (SSSR count). The van der Waals surface area contributed by atoms with Crippen LogP contribution in [0.3, 0.4) is 0 Å². The lowest BCUT2D eigenvalue weighted by atomic mass is 9.99. The van der Waals surface area contributed by atoms with Gasteiger partial charge in [-0.15, -0.1) is 0 Å². The van der Waals surface area contributed by atoms with Crippen LogP contribution in [-0.2, 0) is 0 Å². The third-order valence-electron chi connectivity index (χ3n) is 13.2. The number of nitrogens with zero attached hydrogens (tertiary/aromatic N) is 11. The molecule has 342 valence electrons. The molecule has 11 nitrogen and oxygen atoms in total. The predicted octanol–water partition coefficient (Wildman–Crippen LogP) is 13.7. The minimum absolute atomic E-state index is 0.524. The Bertz CT molecular complexity index is 4050. The highest BCUT2D eigenvalue weighted by atomic mass is 15.1. The molecule has 0 aliphatic carbocycles. The van der Waals surface area contributed by atoms with E-state index in [2.05, 4.69) is 146 Å². The summed E-state index contributed by atoms with van der Waals surface area (Å²) in [5.41, 5.74) is 12.5. The fourth-order valence-electron chi connectivity index (χ4n) is 10.1. The van der Waals surface area contributed by atoms with Gasteiger partial charge in [-0.2, -0.15) is 0 Å². The molecule has 13 aromatic rings. The van der Waals surface area contributed by atoms with Crippen LogP contribution < -0.4 is 0 Å². The highest BCUT2D eigenvalue weighted by Gasteiger charge is 2.23. The summed E-state index contributed by atoms with van der Waals surface area (Å²) < 4.78 is 4.65. The summed E-state index contributed by atoms with van der Waals surface area (Å²) in [5, 5.41) is 4.43. The van der Waals surface area contributed by atoms with Crippen molar-refractivity contribution >= 4 is 43.6 Å². The lowest BCUT2D eigenvalue weighted by Crippen LogP contribution is -2.04. The highest BCUT2D eigenvalue weighted by Crippen LogP contribution is 2.42. The van der Waals surface area contributed by atoms with E-state index in [0.29, 0.717) is 52.4 Å². The van der Waals surface area contributed by atoms with Crippen molar-refractivity contribution in [3.05, 3.63) is 211 Å². The summed E-state index contributed by atoms with van der Waals surface area (Å²) in [6, 6.07) is 65.6. The van der Waals surface area contributed by atoms with Gasteiger partial charge in [0, 0.05) is 55.0 Å². The largest absolute Gasteiger partial charge is 0.309 e. The molecule has 0 aliphatic heterocycles. The van der Waals surface area contributed by atoms with Gasteiger partial charge in [0.15, 0.2) is 29.1 Å². The minimum Gasteiger partial charge on any atom is -0.309 e. The van der Waals surface area contributed by atoms with Gasteiger partial charge in [0.2, 0.25) is 0 Å². The molecule has 8 aromatic carbocycles. The molecule has 0 saturated carbocycles. The highest BCUT2D eigenvalue weighted by molar-refractivity contribution is 6.12. The predicted molar refractivity (Wildman–Crippen MR) is 287 cm³/mol. The molecular weight excluding hydrogens is 887 g/mol. The van der Waals surface area contributed by atoms with E-state index in [-0.39, 0.29) is 0 Å². The average Bonchev–Trinajstić information content (AvgIpc) is 3.92. The summed E-state index contributed by atoms with van der Waals surface area (Å²) in [6.45, 7) is 7.59. The second kappa shape index (κ2) is 17.1. The van der Waals surface area contributed by atoms with Crippen LogP contribution in [0.25, 0.3) is 123 Å². The minimum atomic E-state index is 0.524. The topological polar surface area (TPSA) is 126 Å². The molecule has 5 aromatic heterocycles. The van der Waals surface area contributed by atoms with Crippen LogP contribution >= 0.6 is 0 Å². The molecule has 0 radical (unpaired) electrons. The van der Waals surface area contributed by atoms with E-state index in [4.69, 9.17) is 34.9 Å². The van der Waals surface area contributed by atoms with E-state index < -0.39 is 0 Å². The molecule has 0 fully saturated rings. The van der Waals surface area contributed by atoms with Crippen LogP contribution in [0.4, 0.5) is 0 Å². The van der Waals surface area contributed by atoms with Gasteiger partial charge in [0.05, 0.1) is 27.8 Å². The quantitative estimate of drug-likeness (QED) is 0.146. The van der Waals surface area contributed by atoms with Gasteiger partial charge in [-0.3, -0.25) is 0 Å². The van der Waals surface area contributed by atoms with Crippen LogP contribution in [-0.4, -0.2) is 54.0 Å². The van der Waals surface area contributed by atoms with E-state index in [1.54, 1.807) is 0 Å². The maximum atomic E-state index is 5.37. The lowest BCUT2D eigenvalue weighted by molar-refractivity contribution is 0.928. The number of aromatic nitrogens is 11. The first kappa shape index (κ1) is 42.5. The van der Waals surface area contributed by atoms with E-state index >= 15 is 0 Å². The molecule has 0 N–H and O–H groups in total. The SMILES string of the molecule is Cc1nc(C)nc(-c2ccc3c4ccc(-c5nc(C)nc(C)n5)cc4n(-c4ccc(-c5ccc6c(c5)c5ccccc5n6-c5ccccc5)cc4-c4nc(-c5ccccc5)nc(-c5ccccc5)n4)c3c2)n1. The first-order valence-corrected chi connectivity index (χ1v) is 23.9. The summed E-state index contributed by atoms with van der Waals surface area (Å²) in [5.74, 6) is 5.50. The zero-order valence-corrected chi connectivity index (χ0v) is 39.8. The fraction of sp³-hybridized carbons (Fsp3) is 0.0656. The molecule has 0 unspecified atom stereocenters. The Kier molecular flexibility index (Phi) is 10.1. The molecule has 11 heteroatoms. The first-order chi connectivity index (χ1) is 35.3. The summed E-state index contributed by atoms with van der Waals surface area (Å²) in [7, 11) is 0. The molecule has 0 bridgehead atoms. The number of hydrogen-bond acceptors (Lipinski definition) is 9. The van der Waals surface area contributed by atoms with Gasteiger partial charge in [0.25, 0.3) is 0 Å². The van der Waals surface area contributed by atoms with E-state index in [1.807, 2.05) is 88.4 Å². The van der Waals surface area contributed by atoms with Crippen molar-refractivity contribution in [3.8, 4) is 79.4 Å². The number of rotatable bonds is 8. The third kappa shape index (κ3) is 7.42. The van der Waals surface area contributed by atoms with Crippen molar-refractivity contribution in [2.45, 2.75) is 27.7 Å². The Morgan fingerprint density at radius 3 is 1.26 bits per heavy atom. The van der Waals surface area contributed by atoms with Gasteiger partial charge in [-0.25, -0.2) is 44.9 Å². The van der Waals surface area contributed by atoms with Crippen LogP contribution in [0.1, 0.15) is 23.3 Å². The molecule has 0 aliphatic rings. The number of para-hydroxylation sites is 2. The molecule has 5 heterocycles. The number of hydrogen-bond donors (Lipinski definition) is 0. The van der Waals surface area contributed by atoms with Gasteiger partial charge in [-0.1, -0.05) is 133 Å². The zero-order valence-electron chi connectivity index (χ0n) is 39.8. The smallest absolute Gasteiger partial charge is 0.166 e. The van der Waals surface area contributed by atoms with Gasteiger partial charge < -0.3 is 9.13 Å². The Balaban J connectivity index is 1.11.